The highest BCUT2D eigenvalue weighted by Gasteiger charge is 2.35. The summed E-state index contributed by atoms with van der Waals surface area (Å²) in [7, 11) is 2.04. The second kappa shape index (κ2) is 10.9. The summed E-state index contributed by atoms with van der Waals surface area (Å²) in [4.78, 5) is 28.8. The van der Waals surface area contributed by atoms with Crippen LogP contribution in [0.4, 0.5) is 18.9 Å². The van der Waals surface area contributed by atoms with Crippen LogP contribution in [0.5, 0.6) is 0 Å². The first-order valence-electron chi connectivity index (χ1n) is 12.8. The molecule has 1 aromatic heterocycles. The molecule has 1 unspecified atom stereocenters. The minimum Gasteiger partial charge on any atom is -0.381 e. The Morgan fingerprint density at radius 2 is 1.81 bits per heavy atom. The Morgan fingerprint density at radius 3 is 2.41 bits per heavy atom. The van der Waals surface area contributed by atoms with Crippen LogP contribution in [0.2, 0.25) is 0 Å². The lowest BCUT2D eigenvalue weighted by atomic mass is 9.87. The number of halogens is 3. The Morgan fingerprint density at radius 1 is 1.16 bits per heavy atom. The van der Waals surface area contributed by atoms with Gasteiger partial charge in [0.1, 0.15) is 0 Å². The van der Waals surface area contributed by atoms with Crippen LogP contribution in [0.3, 0.4) is 0 Å². The summed E-state index contributed by atoms with van der Waals surface area (Å²) in [5.41, 5.74) is 6.22. The molecule has 3 N–H and O–H groups in total. The third-order valence-corrected chi connectivity index (χ3v) is 7.73. The highest BCUT2D eigenvalue weighted by Crippen LogP contribution is 2.39. The number of benzene rings is 1. The normalized spacial score (nSPS) is 19.1. The van der Waals surface area contributed by atoms with Crippen molar-refractivity contribution >= 4 is 11.6 Å². The van der Waals surface area contributed by atoms with E-state index in [9.17, 15) is 22.8 Å². The molecule has 0 saturated carbocycles. The molecule has 37 heavy (non-hydrogen) atoms. The standard InChI is InChI=1S/C27H35F3N4O3/c1-16-20(5-4-6-21(16)27(28,29)30)17(2)25-24(26(31)36)22(32-18-7-11-33(3)12-8-18)15-23(35)34(25)19-9-13-37-14-10-19/h4-6,15,17-19,32H,7-14H2,1-3H3,(H2,31,36). The van der Waals surface area contributed by atoms with Gasteiger partial charge in [0, 0.05) is 43.0 Å². The molecule has 2 fully saturated rings. The van der Waals surface area contributed by atoms with E-state index in [1.54, 1.807) is 17.6 Å². The molecular formula is C27H35F3N4O3. The zero-order valence-corrected chi connectivity index (χ0v) is 21.5. The van der Waals surface area contributed by atoms with Crippen molar-refractivity contribution in [1.82, 2.24) is 9.47 Å². The number of aromatic nitrogens is 1. The van der Waals surface area contributed by atoms with E-state index in [0.717, 1.165) is 32.0 Å². The number of amides is 1. The van der Waals surface area contributed by atoms with Gasteiger partial charge in [0.15, 0.2) is 0 Å². The average Bonchev–Trinajstić information content (AvgIpc) is 2.84. The number of hydrogen-bond acceptors (Lipinski definition) is 5. The topological polar surface area (TPSA) is 89.6 Å². The van der Waals surface area contributed by atoms with E-state index < -0.39 is 23.6 Å². The summed E-state index contributed by atoms with van der Waals surface area (Å²) in [6.07, 6.45) is -1.75. The fourth-order valence-corrected chi connectivity index (χ4v) is 5.71. The van der Waals surface area contributed by atoms with E-state index in [0.29, 0.717) is 43.0 Å². The second-order valence-electron chi connectivity index (χ2n) is 10.2. The minimum atomic E-state index is -4.52. The van der Waals surface area contributed by atoms with Crippen molar-refractivity contribution in [3.8, 4) is 0 Å². The monoisotopic (exact) mass is 520 g/mol. The van der Waals surface area contributed by atoms with E-state index in [2.05, 4.69) is 10.2 Å². The van der Waals surface area contributed by atoms with Crippen molar-refractivity contribution in [2.75, 3.05) is 38.7 Å². The molecule has 0 radical (unpaired) electrons. The molecule has 1 atom stereocenters. The first-order valence-corrected chi connectivity index (χ1v) is 12.8. The van der Waals surface area contributed by atoms with Gasteiger partial charge in [-0.3, -0.25) is 9.59 Å². The molecule has 2 aromatic rings. The van der Waals surface area contributed by atoms with Gasteiger partial charge in [-0.2, -0.15) is 13.2 Å². The van der Waals surface area contributed by atoms with Gasteiger partial charge in [-0.1, -0.05) is 19.1 Å². The Hall–Kier alpha value is -2.85. The predicted molar refractivity (Wildman–Crippen MR) is 136 cm³/mol. The fraction of sp³-hybridized carbons (Fsp3) is 0.556. The number of hydrogen-bond donors (Lipinski definition) is 2. The summed E-state index contributed by atoms with van der Waals surface area (Å²) in [5, 5.41) is 3.37. The Labute approximate surface area is 214 Å². The molecule has 1 amide bonds. The van der Waals surface area contributed by atoms with E-state index >= 15 is 0 Å². The van der Waals surface area contributed by atoms with Gasteiger partial charge in [0.25, 0.3) is 11.5 Å². The summed E-state index contributed by atoms with van der Waals surface area (Å²) in [6, 6.07) is 5.25. The third kappa shape index (κ3) is 5.70. The number of piperidine rings is 1. The van der Waals surface area contributed by atoms with E-state index in [1.807, 2.05) is 7.05 Å². The molecule has 2 aliphatic heterocycles. The molecule has 7 nitrogen and oxygen atoms in total. The summed E-state index contributed by atoms with van der Waals surface area (Å²) < 4.78 is 48.3. The Kier molecular flexibility index (Phi) is 7.99. The van der Waals surface area contributed by atoms with E-state index in [-0.39, 0.29) is 28.8 Å². The van der Waals surface area contributed by atoms with Crippen LogP contribution in [-0.2, 0) is 10.9 Å². The second-order valence-corrected chi connectivity index (χ2v) is 10.2. The van der Waals surface area contributed by atoms with Gasteiger partial charge in [0.2, 0.25) is 0 Å². The highest BCUT2D eigenvalue weighted by atomic mass is 19.4. The van der Waals surface area contributed by atoms with Gasteiger partial charge < -0.3 is 25.3 Å². The van der Waals surface area contributed by atoms with Gasteiger partial charge in [0.05, 0.1) is 16.8 Å². The molecule has 10 heteroatoms. The van der Waals surface area contributed by atoms with Crippen LogP contribution in [-0.4, -0.2) is 54.8 Å². The lowest BCUT2D eigenvalue weighted by Crippen LogP contribution is -2.39. The molecule has 1 aromatic carbocycles. The number of nitrogens with one attached hydrogen (secondary N) is 1. The molecule has 202 valence electrons. The fourth-order valence-electron chi connectivity index (χ4n) is 5.71. The largest absolute Gasteiger partial charge is 0.416 e. The molecule has 0 bridgehead atoms. The maximum Gasteiger partial charge on any atom is 0.416 e. The Bertz CT molecular complexity index is 1200. The number of carbonyl (C=O) groups excluding carboxylic acids is 1. The number of rotatable bonds is 6. The summed E-state index contributed by atoms with van der Waals surface area (Å²) in [5.74, 6) is -1.41. The lowest BCUT2D eigenvalue weighted by molar-refractivity contribution is -0.138. The van der Waals surface area contributed by atoms with Crippen LogP contribution in [0.25, 0.3) is 0 Å². The number of primary amides is 1. The van der Waals surface area contributed by atoms with Crippen LogP contribution >= 0.6 is 0 Å². The predicted octanol–water partition coefficient (Wildman–Crippen LogP) is 4.28. The van der Waals surface area contributed by atoms with E-state index in [4.69, 9.17) is 10.5 Å². The number of carbonyl (C=O) groups is 1. The number of ether oxygens (including phenoxy) is 1. The number of alkyl halides is 3. The van der Waals surface area contributed by atoms with Gasteiger partial charge in [-0.15, -0.1) is 0 Å². The zero-order chi connectivity index (χ0) is 26.9. The third-order valence-electron chi connectivity index (χ3n) is 7.73. The summed E-state index contributed by atoms with van der Waals surface area (Å²) >= 11 is 0. The van der Waals surface area contributed by atoms with Gasteiger partial charge >= 0.3 is 6.18 Å². The smallest absolute Gasteiger partial charge is 0.381 e. The molecular weight excluding hydrogens is 485 g/mol. The number of pyridine rings is 1. The highest BCUT2D eigenvalue weighted by molar-refractivity contribution is 6.00. The quantitative estimate of drug-likeness (QED) is 0.594. The van der Waals surface area contributed by atoms with E-state index in [1.165, 1.54) is 19.1 Å². The first-order chi connectivity index (χ1) is 17.5. The number of nitrogens with zero attached hydrogens (tertiary/aromatic N) is 2. The number of nitrogens with two attached hydrogens (primary N) is 1. The number of anilines is 1. The Balaban J connectivity index is 1.90. The van der Waals surface area contributed by atoms with Crippen molar-refractivity contribution in [3.05, 3.63) is 62.6 Å². The van der Waals surface area contributed by atoms with Crippen molar-refractivity contribution in [3.63, 3.8) is 0 Å². The minimum absolute atomic E-state index is 0.0473. The van der Waals surface area contributed by atoms with Crippen LogP contribution in [0, 0.1) is 6.92 Å². The SMILES string of the molecule is Cc1c(C(C)c2c(C(N)=O)c(NC3CCN(C)CC3)cc(=O)n2C2CCOCC2)cccc1C(F)(F)F. The summed E-state index contributed by atoms with van der Waals surface area (Å²) in [6.45, 7) is 5.81. The van der Waals surface area contributed by atoms with Crippen LogP contribution in [0.15, 0.2) is 29.1 Å². The molecule has 0 aliphatic carbocycles. The van der Waals surface area contributed by atoms with Gasteiger partial charge in [-0.05, 0) is 69.9 Å². The molecule has 2 aliphatic rings. The van der Waals surface area contributed by atoms with Crippen LogP contribution in [0.1, 0.15) is 77.3 Å². The maximum absolute atomic E-state index is 13.7. The zero-order valence-electron chi connectivity index (χ0n) is 21.5. The first kappa shape index (κ1) is 27.2. The van der Waals surface area contributed by atoms with Crippen LogP contribution < -0.4 is 16.6 Å². The average molecular weight is 521 g/mol. The molecule has 3 heterocycles. The number of likely N-dealkylation sites (tertiary alicyclic amines) is 1. The van der Waals surface area contributed by atoms with Crippen molar-refractivity contribution in [1.29, 1.82) is 0 Å². The molecule has 2 saturated heterocycles. The molecule has 4 rings (SSSR count). The lowest BCUT2D eigenvalue weighted by Gasteiger charge is -2.33. The maximum atomic E-state index is 13.7. The van der Waals surface area contributed by atoms with Crippen molar-refractivity contribution in [2.24, 2.45) is 5.73 Å². The van der Waals surface area contributed by atoms with Crippen molar-refractivity contribution in [2.45, 2.75) is 63.7 Å². The van der Waals surface area contributed by atoms with Gasteiger partial charge in [-0.25, -0.2) is 0 Å². The van der Waals surface area contributed by atoms with Crippen molar-refractivity contribution < 1.29 is 22.7 Å². The molecule has 0 spiro atoms.